The van der Waals surface area contributed by atoms with Crippen LogP contribution in [0.5, 0.6) is 0 Å². The molecule has 2 saturated carbocycles. The largest absolute Gasteiger partial charge is 0.393 e. The summed E-state index contributed by atoms with van der Waals surface area (Å²) < 4.78 is 0. The van der Waals surface area contributed by atoms with E-state index in [1.165, 1.54) is 19.3 Å². The van der Waals surface area contributed by atoms with Crippen LogP contribution in [0.3, 0.4) is 0 Å². The van der Waals surface area contributed by atoms with Crippen LogP contribution in [-0.4, -0.2) is 11.2 Å². The molecule has 0 aromatic carbocycles. The van der Waals surface area contributed by atoms with Gasteiger partial charge in [0.15, 0.2) is 0 Å². The molecule has 2 bridgehead atoms. The van der Waals surface area contributed by atoms with Gasteiger partial charge in [-0.1, -0.05) is 0 Å². The third-order valence-corrected chi connectivity index (χ3v) is 2.70. The molecule has 3 atom stereocenters. The molecule has 1 N–H and O–H groups in total. The van der Waals surface area contributed by atoms with Crippen LogP contribution in [0.1, 0.15) is 25.7 Å². The smallest absolute Gasteiger partial charge is 0.0571 e. The molecule has 0 aromatic rings. The fourth-order valence-electron chi connectivity index (χ4n) is 2.21. The zero-order valence-corrected chi connectivity index (χ0v) is 5.01. The summed E-state index contributed by atoms with van der Waals surface area (Å²) in [5.41, 5.74) is 0. The summed E-state index contributed by atoms with van der Waals surface area (Å²) in [5, 5.41) is 9.22. The van der Waals surface area contributed by atoms with Crippen molar-refractivity contribution in [2.45, 2.75) is 31.8 Å². The van der Waals surface area contributed by atoms with Gasteiger partial charge in [-0.15, -0.1) is 0 Å². The molecule has 0 amide bonds. The average molecular weight is 112 g/mol. The third-order valence-electron chi connectivity index (χ3n) is 2.70. The van der Waals surface area contributed by atoms with Crippen molar-refractivity contribution in [3.63, 3.8) is 0 Å². The lowest BCUT2D eigenvalue weighted by molar-refractivity contribution is 0.113. The maximum Gasteiger partial charge on any atom is 0.0571 e. The summed E-state index contributed by atoms with van der Waals surface area (Å²) in [6.45, 7) is 0. The highest BCUT2D eigenvalue weighted by molar-refractivity contribution is 4.89. The van der Waals surface area contributed by atoms with Crippen molar-refractivity contribution in [1.29, 1.82) is 0 Å². The van der Waals surface area contributed by atoms with E-state index in [-0.39, 0.29) is 6.10 Å². The number of rotatable bonds is 0. The minimum Gasteiger partial charge on any atom is -0.393 e. The highest BCUT2D eigenvalue weighted by atomic mass is 16.3. The predicted octanol–water partition coefficient (Wildman–Crippen LogP) is 1.17. The first-order valence-corrected chi connectivity index (χ1v) is 3.54. The van der Waals surface area contributed by atoms with Crippen LogP contribution in [-0.2, 0) is 0 Å². The molecule has 0 unspecified atom stereocenters. The van der Waals surface area contributed by atoms with Crippen molar-refractivity contribution < 1.29 is 5.11 Å². The van der Waals surface area contributed by atoms with Crippen LogP contribution < -0.4 is 0 Å². The Bertz CT molecular complexity index is 98.6. The summed E-state index contributed by atoms with van der Waals surface area (Å²) in [6, 6.07) is 0. The molecule has 2 aliphatic rings. The zero-order valence-electron chi connectivity index (χ0n) is 5.01. The maximum absolute atomic E-state index is 9.22. The Balaban J connectivity index is 2.11. The lowest BCUT2D eigenvalue weighted by Gasteiger charge is -2.14. The van der Waals surface area contributed by atoms with Crippen LogP contribution in [0.15, 0.2) is 0 Å². The Morgan fingerprint density at radius 2 is 2.00 bits per heavy atom. The second-order valence-electron chi connectivity index (χ2n) is 3.24. The Labute approximate surface area is 49.7 Å². The van der Waals surface area contributed by atoms with E-state index in [1.807, 2.05) is 0 Å². The van der Waals surface area contributed by atoms with Crippen molar-refractivity contribution in [3.8, 4) is 0 Å². The molecule has 46 valence electrons. The van der Waals surface area contributed by atoms with Crippen LogP contribution >= 0.6 is 0 Å². The molecule has 2 fully saturated rings. The maximum atomic E-state index is 9.22. The van der Waals surface area contributed by atoms with Gasteiger partial charge >= 0.3 is 0 Å². The van der Waals surface area contributed by atoms with Crippen molar-refractivity contribution in [2.24, 2.45) is 11.8 Å². The number of aliphatic hydroxyl groups is 1. The number of hydrogen-bond donors (Lipinski definition) is 1. The second-order valence-corrected chi connectivity index (χ2v) is 3.24. The van der Waals surface area contributed by atoms with Gasteiger partial charge in [0.05, 0.1) is 6.10 Å². The van der Waals surface area contributed by atoms with E-state index in [0.29, 0.717) is 5.92 Å². The van der Waals surface area contributed by atoms with Crippen LogP contribution in [0.25, 0.3) is 0 Å². The van der Waals surface area contributed by atoms with Crippen LogP contribution in [0.2, 0.25) is 0 Å². The van der Waals surface area contributed by atoms with Gasteiger partial charge in [-0.2, -0.15) is 0 Å². The van der Waals surface area contributed by atoms with E-state index >= 15 is 0 Å². The van der Waals surface area contributed by atoms with E-state index in [4.69, 9.17) is 0 Å². The zero-order chi connectivity index (χ0) is 5.56. The molecule has 0 saturated heterocycles. The van der Waals surface area contributed by atoms with Gasteiger partial charge in [0.25, 0.3) is 0 Å². The summed E-state index contributed by atoms with van der Waals surface area (Å²) in [5.74, 6) is 1.59. The molecule has 0 radical (unpaired) electrons. The lowest BCUT2D eigenvalue weighted by Crippen LogP contribution is -2.14. The van der Waals surface area contributed by atoms with Crippen molar-refractivity contribution >= 4 is 0 Å². The average Bonchev–Trinajstić information content (AvgIpc) is 2.23. The topological polar surface area (TPSA) is 20.2 Å². The molecule has 0 spiro atoms. The van der Waals surface area contributed by atoms with Gasteiger partial charge in [-0.25, -0.2) is 0 Å². The van der Waals surface area contributed by atoms with Crippen molar-refractivity contribution in [1.82, 2.24) is 0 Å². The molecule has 0 aromatic heterocycles. The number of aliphatic hydroxyl groups excluding tert-OH is 1. The van der Waals surface area contributed by atoms with Gasteiger partial charge in [-0.3, -0.25) is 0 Å². The van der Waals surface area contributed by atoms with E-state index < -0.39 is 0 Å². The standard InChI is InChI=1S/C7H12O/c8-7-4-5-1-2-6(7)3-5/h5-8H,1-4H2/t5-,6-,7+/m0/s1. The molecule has 2 aliphatic carbocycles. The number of hydrogen-bond acceptors (Lipinski definition) is 1. The minimum absolute atomic E-state index is 0.0775. The fraction of sp³-hybridized carbons (Fsp3) is 1.00. The first kappa shape index (κ1) is 4.80. The summed E-state index contributed by atoms with van der Waals surface area (Å²) >= 11 is 0. The van der Waals surface area contributed by atoms with Crippen molar-refractivity contribution in [2.75, 3.05) is 0 Å². The van der Waals surface area contributed by atoms with Gasteiger partial charge in [0.2, 0.25) is 0 Å². The molecule has 8 heavy (non-hydrogen) atoms. The van der Waals surface area contributed by atoms with Gasteiger partial charge in [-0.05, 0) is 37.5 Å². The first-order valence-electron chi connectivity index (χ1n) is 3.54. The highest BCUT2D eigenvalue weighted by Gasteiger charge is 2.38. The molecular formula is C7H12O. The summed E-state index contributed by atoms with van der Waals surface area (Å²) in [6.07, 6.45) is 5.19. The molecular weight excluding hydrogens is 100 g/mol. The predicted molar refractivity (Wildman–Crippen MR) is 31.5 cm³/mol. The monoisotopic (exact) mass is 112 g/mol. The Kier molecular flexibility index (Phi) is 0.884. The minimum atomic E-state index is 0.0775. The van der Waals surface area contributed by atoms with E-state index in [0.717, 1.165) is 12.3 Å². The van der Waals surface area contributed by atoms with Gasteiger partial charge in [0, 0.05) is 0 Å². The quantitative estimate of drug-likeness (QED) is 0.498. The third kappa shape index (κ3) is 0.510. The molecule has 0 aliphatic heterocycles. The van der Waals surface area contributed by atoms with Gasteiger partial charge in [0.1, 0.15) is 0 Å². The highest BCUT2D eigenvalue weighted by Crippen LogP contribution is 2.44. The number of fused-ring (bicyclic) bond motifs is 2. The Hall–Kier alpha value is -0.0400. The second kappa shape index (κ2) is 1.47. The van der Waals surface area contributed by atoms with E-state index in [2.05, 4.69) is 0 Å². The Morgan fingerprint density at radius 1 is 1.12 bits per heavy atom. The van der Waals surface area contributed by atoms with E-state index in [1.54, 1.807) is 0 Å². The lowest BCUT2D eigenvalue weighted by atomic mass is 9.98. The molecule has 2 rings (SSSR count). The van der Waals surface area contributed by atoms with E-state index in [9.17, 15) is 5.11 Å². The normalized spacial score (nSPS) is 52.9. The summed E-state index contributed by atoms with van der Waals surface area (Å²) in [7, 11) is 0. The fourth-order valence-corrected chi connectivity index (χ4v) is 2.21. The van der Waals surface area contributed by atoms with Crippen molar-refractivity contribution in [3.05, 3.63) is 0 Å². The van der Waals surface area contributed by atoms with Crippen LogP contribution in [0, 0.1) is 11.8 Å². The first-order chi connectivity index (χ1) is 3.86. The molecule has 1 nitrogen and oxygen atoms in total. The van der Waals surface area contributed by atoms with Crippen LogP contribution in [0.4, 0.5) is 0 Å². The van der Waals surface area contributed by atoms with Gasteiger partial charge < -0.3 is 5.11 Å². The molecule has 0 heterocycles. The SMILES string of the molecule is O[C@@H]1C[C@H]2CC[C@H]1C2. The molecule has 1 heteroatoms. The Morgan fingerprint density at radius 3 is 2.25 bits per heavy atom. The summed E-state index contributed by atoms with van der Waals surface area (Å²) in [4.78, 5) is 0.